The van der Waals surface area contributed by atoms with E-state index in [9.17, 15) is 19.4 Å². The molecule has 6 heteroatoms. The Hall–Kier alpha value is -0.620. The van der Waals surface area contributed by atoms with Gasteiger partial charge in [0.2, 0.25) is 0 Å². The van der Waals surface area contributed by atoms with Gasteiger partial charge in [-0.3, -0.25) is 4.79 Å². The van der Waals surface area contributed by atoms with E-state index in [0.29, 0.717) is 16.3 Å². The highest BCUT2D eigenvalue weighted by Gasteiger charge is 2.22. The Balaban J connectivity index is 2.73. The van der Waals surface area contributed by atoms with Crippen molar-refractivity contribution in [2.45, 2.75) is 32.5 Å². The van der Waals surface area contributed by atoms with E-state index in [4.69, 9.17) is 11.6 Å². The average Bonchev–Trinajstić information content (AvgIpc) is 2.32. The van der Waals surface area contributed by atoms with Gasteiger partial charge in [-0.1, -0.05) is 23.4 Å². The predicted octanol–water partition coefficient (Wildman–Crippen LogP) is 2.85. The third-order valence-corrected chi connectivity index (χ3v) is 3.93. The van der Waals surface area contributed by atoms with Crippen molar-refractivity contribution in [2.75, 3.05) is 5.75 Å². The highest BCUT2D eigenvalue weighted by atomic mass is 35.5. The molecule has 0 aliphatic heterocycles. The largest absolute Gasteiger partial charge is 0.390 e. The molecule has 1 aromatic rings. The number of aliphatic hydroxyl groups excluding tert-OH is 2. The number of halogens is 2. The van der Waals surface area contributed by atoms with E-state index < -0.39 is 18.0 Å². The molecular formula is C13H16ClFO3S. The van der Waals surface area contributed by atoms with Crippen molar-refractivity contribution < 1.29 is 19.4 Å². The van der Waals surface area contributed by atoms with Crippen molar-refractivity contribution in [3.63, 3.8) is 0 Å². The molecule has 0 aliphatic rings. The second-order valence-electron chi connectivity index (χ2n) is 4.26. The van der Waals surface area contributed by atoms with Crippen LogP contribution in [0, 0.1) is 12.7 Å². The summed E-state index contributed by atoms with van der Waals surface area (Å²) in [6.45, 7) is 3.08. The van der Waals surface area contributed by atoms with Crippen LogP contribution in [0.1, 0.15) is 30.6 Å². The minimum atomic E-state index is -1.36. The number of hydrogen-bond donors (Lipinski definition) is 2. The lowest BCUT2D eigenvalue weighted by Crippen LogP contribution is -2.20. The quantitative estimate of drug-likeness (QED) is 0.878. The molecule has 1 aromatic carbocycles. The third-order valence-electron chi connectivity index (χ3n) is 2.68. The van der Waals surface area contributed by atoms with Crippen LogP contribution in [0.15, 0.2) is 12.1 Å². The van der Waals surface area contributed by atoms with Gasteiger partial charge in [-0.2, -0.15) is 0 Å². The molecule has 0 aromatic heterocycles. The molecule has 0 radical (unpaired) electrons. The van der Waals surface area contributed by atoms with Crippen LogP contribution >= 0.6 is 23.4 Å². The molecule has 0 bridgehead atoms. The van der Waals surface area contributed by atoms with Crippen LogP contribution in [-0.4, -0.2) is 27.2 Å². The van der Waals surface area contributed by atoms with Crippen molar-refractivity contribution in [1.29, 1.82) is 0 Å². The molecule has 0 amide bonds. The maximum atomic E-state index is 13.7. The predicted molar refractivity (Wildman–Crippen MR) is 74.9 cm³/mol. The highest BCUT2D eigenvalue weighted by Crippen LogP contribution is 2.27. The van der Waals surface area contributed by atoms with Crippen molar-refractivity contribution >= 4 is 28.5 Å². The maximum absolute atomic E-state index is 13.7. The summed E-state index contributed by atoms with van der Waals surface area (Å²) in [6, 6.07) is 2.54. The van der Waals surface area contributed by atoms with Crippen molar-refractivity contribution in [2.24, 2.45) is 0 Å². The van der Waals surface area contributed by atoms with Crippen LogP contribution < -0.4 is 0 Å². The number of aliphatic hydroxyl groups is 2. The topological polar surface area (TPSA) is 57.5 Å². The maximum Gasteiger partial charge on any atom is 0.185 e. The van der Waals surface area contributed by atoms with Crippen LogP contribution in [-0.2, 0) is 4.79 Å². The summed E-state index contributed by atoms with van der Waals surface area (Å²) >= 11 is 6.92. The molecule has 0 heterocycles. The molecule has 2 unspecified atom stereocenters. The fourth-order valence-corrected chi connectivity index (χ4v) is 2.40. The number of benzene rings is 1. The van der Waals surface area contributed by atoms with Gasteiger partial charge in [-0.25, -0.2) is 4.39 Å². The number of aryl methyl sites for hydroxylation is 1. The Bertz CT molecular complexity index is 467. The SMILES string of the molecule is CC(=O)SCCC(O)C(O)c1cc(Cl)c(C)cc1F. The Morgan fingerprint density at radius 3 is 2.68 bits per heavy atom. The number of thioether (sulfide) groups is 1. The molecule has 0 saturated heterocycles. The fourth-order valence-electron chi connectivity index (χ4n) is 1.58. The number of carbonyl (C=O) groups excluding carboxylic acids is 1. The molecule has 2 N–H and O–H groups in total. The Morgan fingerprint density at radius 1 is 1.47 bits per heavy atom. The average molecular weight is 307 g/mol. The second kappa shape index (κ2) is 7.24. The summed E-state index contributed by atoms with van der Waals surface area (Å²) in [6.07, 6.45) is -2.30. The summed E-state index contributed by atoms with van der Waals surface area (Å²) < 4.78 is 13.7. The first-order valence-corrected chi connectivity index (χ1v) is 7.14. The van der Waals surface area contributed by atoms with Gasteiger partial charge in [0.05, 0.1) is 6.10 Å². The third kappa shape index (κ3) is 4.76. The smallest absolute Gasteiger partial charge is 0.185 e. The highest BCUT2D eigenvalue weighted by molar-refractivity contribution is 8.13. The van der Waals surface area contributed by atoms with Crippen LogP contribution in [0.4, 0.5) is 4.39 Å². The van der Waals surface area contributed by atoms with Crippen molar-refractivity contribution in [3.05, 3.63) is 34.1 Å². The van der Waals surface area contributed by atoms with Crippen LogP contribution in [0.5, 0.6) is 0 Å². The van der Waals surface area contributed by atoms with E-state index in [2.05, 4.69) is 0 Å². The minimum absolute atomic E-state index is 0.0316. The summed E-state index contributed by atoms with van der Waals surface area (Å²) in [4.78, 5) is 10.7. The molecule has 3 nitrogen and oxygen atoms in total. The van der Waals surface area contributed by atoms with E-state index >= 15 is 0 Å². The lowest BCUT2D eigenvalue weighted by atomic mass is 10.0. The summed E-state index contributed by atoms with van der Waals surface area (Å²) in [5, 5.41) is 20.0. The minimum Gasteiger partial charge on any atom is -0.390 e. The summed E-state index contributed by atoms with van der Waals surface area (Å²) in [5.41, 5.74) is 0.535. The lowest BCUT2D eigenvalue weighted by molar-refractivity contribution is -0.109. The zero-order valence-electron chi connectivity index (χ0n) is 10.7. The number of rotatable bonds is 5. The Labute approximate surface area is 120 Å². The van der Waals surface area contributed by atoms with Crippen LogP contribution in [0.25, 0.3) is 0 Å². The van der Waals surface area contributed by atoms with Gasteiger partial charge >= 0.3 is 0 Å². The summed E-state index contributed by atoms with van der Waals surface area (Å²) in [7, 11) is 0. The monoisotopic (exact) mass is 306 g/mol. The van der Waals surface area contributed by atoms with Crippen molar-refractivity contribution in [1.82, 2.24) is 0 Å². The number of carbonyl (C=O) groups is 1. The molecule has 106 valence electrons. The van der Waals surface area contributed by atoms with Gasteiger partial charge in [-0.05, 0) is 31.0 Å². The van der Waals surface area contributed by atoms with Gasteiger partial charge < -0.3 is 10.2 Å². The van der Waals surface area contributed by atoms with Crippen molar-refractivity contribution in [3.8, 4) is 0 Å². The van der Waals surface area contributed by atoms with Crippen LogP contribution in [0.3, 0.4) is 0 Å². The first-order valence-electron chi connectivity index (χ1n) is 5.78. The molecule has 0 spiro atoms. The molecule has 1 rings (SSSR count). The normalized spacial score (nSPS) is 14.2. The van der Waals surface area contributed by atoms with Gasteiger partial charge in [0.25, 0.3) is 0 Å². The standard InChI is InChI=1S/C13H16ClFO3S/c1-7-5-11(15)9(6-10(7)14)13(18)12(17)3-4-19-8(2)16/h5-6,12-13,17-18H,3-4H2,1-2H3. The van der Waals surface area contributed by atoms with E-state index in [1.54, 1.807) is 6.92 Å². The zero-order chi connectivity index (χ0) is 14.6. The van der Waals surface area contributed by atoms with Gasteiger partial charge in [0.15, 0.2) is 5.12 Å². The first kappa shape index (κ1) is 16.4. The molecule has 0 fully saturated rings. The molecule has 2 atom stereocenters. The molecule has 19 heavy (non-hydrogen) atoms. The van der Waals surface area contributed by atoms with Gasteiger partial charge in [0, 0.05) is 23.3 Å². The molecule has 0 aliphatic carbocycles. The van der Waals surface area contributed by atoms with Gasteiger partial charge in [-0.15, -0.1) is 0 Å². The van der Waals surface area contributed by atoms with E-state index in [0.717, 1.165) is 11.8 Å². The fraction of sp³-hybridized carbons (Fsp3) is 0.462. The second-order valence-corrected chi connectivity index (χ2v) is 5.94. The van der Waals surface area contributed by atoms with E-state index in [1.165, 1.54) is 19.1 Å². The molecular weight excluding hydrogens is 291 g/mol. The molecule has 0 saturated carbocycles. The van der Waals surface area contributed by atoms with Gasteiger partial charge in [0.1, 0.15) is 11.9 Å². The van der Waals surface area contributed by atoms with E-state index in [1.807, 2.05) is 0 Å². The Kier molecular flexibility index (Phi) is 6.26. The van der Waals surface area contributed by atoms with Crippen LogP contribution in [0.2, 0.25) is 5.02 Å². The van der Waals surface area contributed by atoms with E-state index in [-0.39, 0.29) is 17.1 Å². The summed E-state index contributed by atoms with van der Waals surface area (Å²) in [5.74, 6) is -0.234. The lowest BCUT2D eigenvalue weighted by Gasteiger charge is -2.19. The zero-order valence-corrected chi connectivity index (χ0v) is 12.3. The first-order chi connectivity index (χ1) is 8.82. The Morgan fingerprint density at radius 2 is 2.11 bits per heavy atom. The number of hydrogen-bond acceptors (Lipinski definition) is 4.